The summed E-state index contributed by atoms with van der Waals surface area (Å²) in [5.74, 6) is -5.01. The van der Waals surface area contributed by atoms with Gasteiger partial charge >= 0.3 is 11.9 Å². The monoisotopic (exact) mass is 552 g/mol. The SMILES string of the molecule is CC=CC=CC(=O)O[C@@H]1[C@@H](C)[C@@]2(O)[C@@H](C=C(CO)C[C@]3(O)C(=O)C(C)=C[C@@H]23)[C@H]2C(C)(C)[C@]12OC(=O)C=CC=CC. The normalized spacial score (nSPS) is 40.0. The Morgan fingerprint density at radius 1 is 1.02 bits per heavy atom. The van der Waals surface area contributed by atoms with Gasteiger partial charge in [-0.2, -0.15) is 0 Å². The van der Waals surface area contributed by atoms with Crippen LogP contribution in [0.25, 0.3) is 0 Å². The Kier molecular flexibility index (Phi) is 7.77. The van der Waals surface area contributed by atoms with Crippen LogP contribution >= 0.6 is 0 Å². The third kappa shape index (κ3) is 4.19. The topological polar surface area (TPSA) is 130 Å². The van der Waals surface area contributed by atoms with Gasteiger partial charge in [0, 0.05) is 47.7 Å². The molecule has 8 atom stereocenters. The van der Waals surface area contributed by atoms with Crippen molar-refractivity contribution < 1.29 is 39.2 Å². The number of rotatable bonds is 7. The van der Waals surface area contributed by atoms with Gasteiger partial charge < -0.3 is 24.8 Å². The molecule has 4 aliphatic rings. The van der Waals surface area contributed by atoms with Crippen LogP contribution in [0.15, 0.2) is 71.9 Å². The predicted octanol–water partition coefficient (Wildman–Crippen LogP) is 3.30. The van der Waals surface area contributed by atoms with Crippen molar-refractivity contribution in [3.63, 3.8) is 0 Å². The number of hydrogen-bond acceptors (Lipinski definition) is 8. The Bertz CT molecular complexity index is 1270. The van der Waals surface area contributed by atoms with Crippen LogP contribution in [0.5, 0.6) is 0 Å². The smallest absolute Gasteiger partial charge is 0.331 e. The molecule has 4 rings (SSSR count). The van der Waals surface area contributed by atoms with Gasteiger partial charge in [0.25, 0.3) is 0 Å². The van der Waals surface area contributed by atoms with Crippen molar-refractivity contribution in [2.45, 2.75) is 70.9 Å². The zero-order valence-electron chi connectivity index (χ0n) is 24.0. The van der Waals surface area contributed by atoms with Crippen molar-refractivity contribution in [1.82, 2.24) is 0 Å². The van der Waals surface area contributed by atoms with Crippen molar-refractivity contribution in [3.8, 4) is 0 Å². The first-order valence-corrected chi connectivity index (χ1v) is 13.8. The maximum Gasteiger partial charge on any atom is 0.331 e. The van der Waals surface area contributed by atoms with Gasteiger partial charge in [0.15, 0.2) is 11.4 Å². The molecular formula is C32H40O8. The Hall–Kier alpha value is -3.07. The number of carbonyl (C=O) groups is 3. The Labute approximate surface area is 235 Å². The van der Waals surface area contributed by atoms with Crippen molar-refractivity contribution >= 4 is 17.7 Å². The minimum atomic E-state index is -1.97. The first kappa shape index (κ1) is 29.9. The number of aliphatic hydroxyl groups excluding tert-OH is 1. The summed E-state index contributed by atoms with van der Waals surface area (Å²) >= 11 is 0. The second-order valence-electron chi connectivity index (χ2n) is 12.0. The fourth-order valence-electron chi connectivity index (χ4n) is 7.68. The lowest BCUT2D eigenvalue weighted by molar-refractivity contribution is -0.225. The van der Waals surface area contributed by atoms with E-state index in [1.165, 1.54) is 18.2 Å². The van der Waals surface area contributed by atoms with E-state index in [0.717, 1.165) is 0 Å². The van der Waals surface area contributed by atoms with Gasteiger partial charge in [-0.3, -0.25) is 4.79 Å². The molecule has 4 aliphatic carbocycles. The van der Waals surface area contributed by atoms with Crippen LogP contribution in [-0.4, -0.2) is 62.6 Å². The van der Waals surface area contributed by atoms with E-state index in [9.17, 15) is 29.7 Å². The highest BCUT2D eigenvalue weighted by molar-refractivity contribution is 6.04. The zero-order valence-corrected chi connectivity index (χ0v) is 24.0. The summed E-state index contributed by atoms with van der Waals surface area (Å²) in [6.45, 7) is 10.3. The van der Waals surface area contributed by atoms with E-state index in [4.69, 9.17) is 9.47 Å². The summed E-state index contributed by atoms with van der Waals surface area (Å²) in [6.07, 6.45) is 14.6. The fraction of sp³-hybridized carbons (Fsp3) is 0.531. The van der Waals surface area contributed by atoms with Gasteiger partial charge in [-0.25, -0.2) is 9.59 Å². The minimum Gasteiger partial charge on any atom is -0.455 e. The lowest BCUT2D eigenvalue weighted by Gasteiger charge is -2.53. The summed E-state index contributed by atoms with van der Waals surface area (Å²) in [6, 6.07) is 0. The van der Waals surface area contributed by atoms with E-state index >= 15 is 0 Å². The second-order valence-corrected chi connectivity index (χ2v) is 12.0. The first-order valence-electron chi connectivity index (χ1n) is 13.8. The maximum absolute atomic E-state index is 13.2. The molecule has 0 amide bonds. The van der Waals surface area contributed by atoms with Crippen molar-refractivity contribution in [2.75, 3.05) is 6.61 Å². The van der Waals surface area contributed by atoms with Crippen LogP contribution < -0.4 is 0 Å². The largest absolute Gasteiger partial charge is 0.455 e. The van der Waals surface area contributed by atoms with Crippen molar-refractivity contribution in [1.29, 1.82) is 0 Å². The molecule has 0 aromatic carbocycles. The van der Waals surface area contributed by atoms with E-state index in [0.29, 0.717) is 11.1 Å². The van der Waals surface area contributed by atoms with Crippen LogP contribution in [0.2, 0.25) is 0 Å². The van der Waals surface area contributed by atoms with Gasteiger partial charge in [-0.05, 0) is 31.9 Å². The number of allylic oxidation sites excluding steroid dienone is 6. The number of fused-ring (bicyclic) bond motifs is 5. The second kappa shape index (κ2) is 10.4. The molecule has 8 heteroatoms. The van der Waals surface area contributed by atoms with Gasteiger partial charge in [0.2, 0.25) is 0 Å². The summed E-state index contributed by atoms with van der Waals surface area (Å²) in [7, 11) is 0. The molecule has 0 unspecified atom stereocenters. The summed E-state index contributed by atoms with van der Waals surface area (Å²) < 4.78 is 12.2. The van der Waals surface area contributed by atoms with E-state index in [-0.39, 0.29) is 6.42 Å². The Morgan fingerprint density at radius 2 is 1.62 bits per heavy atom. The molecule has 0 heterocycles. The van der Waals surface area contributed by atoms with Gasteiger partial charge in [0.1, 0.15) is 11.7 Å². The van der Waals surface area contributed by atoms with E-state index in [2.05, 4.69) is 0 Å². The molecular weight excluding hydrogens is 512 g/mol. The van der Waals surface area contributed by atoms with Crippen LogP contribution in [0.4, 0.5) is 0 Å². The lowest BCUT2D eigenvalue weighted by Crippen LogP contribution is -2.66. The molecule has 0 spiro atoms. The number of aliphatic hydroxyl groups is 3. The van der Waals surface area contributed by atoms with E-state index in [1.54, 1.807) is 63.3 Å². The highest BCUT2D eigenvalue weighted by Crippen LogP contribution is 2.77. The average molecular weight is 553 g/mol. The third-order valence-electron chi connectivity index (χ3n) is 9.54. The molecule has 8 nitrogen and oxygen atoms in total. The number of carbonyl (C=O) groups excluding carboxylic acids is 3. The summed E-state index contributed by atoms with van der Waals surface area (Å²) in [5, 5.41) is 34.7. The van der Waals surface area contributed by atoms with E-state index < -0.39 is 76.3 Å². The molecule has 216 valence electrons. The van der Waals surface area contributed by atoms with Crippen LogP contribution in [-0.2, 0) is 23.9 Å². The van der Waals surface area contributed by atoms with Crippen molar-refractivity contribution in [3.05, 3.63) is 71.9 Å². The third-order valence-corrected chi connectivity index (χ3v) is 9.54. The van der Waals surface area contributed by atoms with Crippen LogP contribution in [0.3, 0.4) is 0 Å². The molecule has 0 radical (unpaired) electrons. The summed E-state index contributed by atoms with van der Waals surface area (Å²) in [4.78, 5) is 39.3. The van der Waals surface area contributed by atoms with Gasteiger partial charge in [-0.15, -0.1) is 0 Å². The fourth-order valence-corrected chi connectivity index (χ4v) is 7.68. The molecule has 0 bridgehead atoms. The van der Waals surface area contributed by atoms with Crippen LogP contribution in [0, 0.1) is 29.1 Å². The lowest BCUT2D eigenvalue weighted by atomic mass is 9.59. The quantitative estimate of drug-likeness (QED) is 0.190. The van der Waals surface area contributed by atoms with Gasteiger partial charge in [0.05, 0.1) is 12.2 Å². The van der Waals surface area contributed by atoms with Crippen LogP contribution in [0.1, 0.15) is 48.0 Å². The summed E-state index contributed by atoms with van der Waals surface area (Å²) in [5.41, 5.74) is -5.10. The molecule has 0 aliphatic heterocycles. The highest BCUT2D eigenvalue weighted by atomic mass is 16.6. The first-order chi connectivity index (χ1) is 18.8. The standard InChI is InChI=1S/C32H40O8/c1-7-9-11-13-24(34)39-28-20(4)31(38)22(16-21(18-33)17-30(37)23(31)15-19(3)27(30)36)26-29(5,6)32(26,28)40-25(35)14-12-10-8-2/h7-16,20,22-23,26,28,33,37-38H,17-18H2,1-6H3/t20-,22+,23-,26+,28-,30-,31-,32-/m1/s1. The predicted molar refractivity (Wildman–Crippen MR) is 148 cm³/mol. The molecule has 2 saturated carbocycles. The number of ketones is 1. The minimum absolute atomic E-state index is 0.144. The highest BCUT2D eigenvalue weighted by Gasteiger charge is 2.87. The molecule has 0 aromatic heterocycles. The maximum atomic E-state index is 13.2. The number of hydrogen-bond donors (Lipinski definition) is 3. The Balaban J connectivity index is 1.90. The number of Topliss-reactive ketones (excluding diaryl/α,β-unsaturated/α-hetero) is 1. The average Bonchev–Trinajstić information content (AvgIpc) is 3.32. The number of esters is 2. The molecule has 3 N–H and O–H groups in total. The van der Waals surface area contributed by atoms with Gasteiger partial charge in [-0.1, -0.05) is 69.4 Å². The molecule has 0 aromatic rings. The zero-order chi connectivity index (χ0) is 29.7. The molecule has 0 saturated heterocycles. The Morgan fingerprint density at radius 3 is 2.20 bits per heavy atom. The number of ether oxygens (including phenoxy) is 2. The molecule has 40 heavy (non-hydrogen) atoms. The van der Waals surface area contributed by atoms with Crippen molar-refractivity contribution in [2.24, 2.45) is 29.1 Å². The van der Waals surface area contributed by atoms with E-state index in [1.807, 2.05) is 20.8 Å². The molecule has 2 fully saturated rings.